The van der Waals surface area contributed by atoms with Crippen molar-refractivity contribution in [3.8, 4) is 0 Å². The van der Waals surface area contributed by atoms with Crippen molar-refractivity contribution in [2.45, 2.75) is 31.1 Å². The van der Waals surface area contributed by atoms with E-state index in [9.17, 15) is 17.6 Å². The average Bonchev–Trinajstić information content (AvgIpc) is 2.41. The van der Waals surface area contributed by atoms with Gasteiger partial charge in [0, 0.05) is 12.1 Å². The summed E-state index contributed by atoms with van der Waals surface area (Å²) in [6.45, 7) is 0.174. The Morgan fingerprint density at radius 1 is 1.35 bits per heavy atom. The number of hydrogen-bond acceptors (Lipinski definition) is 3. The van der Waals surface area contributed by atoms with Gasteiger partial charge in [0.15, 0.2) is 0 Å². The van der Waals surface area contributed by atoms with E-state index in [1.165, 1.54) is 18.2 Å². The zero-order valence-electron chi connectivity index (χ0n) is 10.8. The highest BCUT2D eigenvalue weighted by Gasteiger charge is 2.36. The van der Waals surface area contributed by atoms with Gasteiger partial charge in [-0.15, -0.1) is 0 Å². The Morgan fingerprint density at radius 2 is 2.05 bits per heavy atom. The Hall–Kier alpha value is -1.47. The third-order valence-electron chi connectivity index (χ3n) is 3.39. The van der Waals surface area contributed by atoms with Crippen LogP contribution in [0.3, 0.4) is 0 Å². The van der Waals surface area contributed by atoms with Gasteiger partial charge in [-0.2, -0.15) is 4.31 Å². The van der Waals surface area contributed by atoms with Crippen molar-refractivity contribution in [1.29, 1.82) is 0 Å². The lowest BCUT2D eigenvalue weighted by molar-refractivity contribution is -0.142. The summed E-state index contributed by atoms with van der Waals surface area (Å²) in [5.74, 6) is -2.26. The molecular weight excluding hydrogens is 285 g/mol. The Bertz CT molecular complexity index is 602. The van der Waals surface area contributed by atoms with E-state index in [4.69, 9.17) is 5.11 Å². The molecule has 20 heavy (non-hydrogen) atoms. The van der Waals surface area contributed by atoms with Gasteiger partial charge in [-0.05, 0) is 25.3 Å². The molecule has 0 amide bonds. The quantitative estimate of drug-likeness (QED) is 0.916. The fourth-order valence-corrected chi connectivity index (χ4v) is 4.16. The third-order valence-corrected chi connectivity index (χ3v) is 5.22. The van der Waals surface area contributed by atoms with Gasteiger partial charge in [-0.1, -0.05) is 18.2 Å². The summed E-state index contributed by atoms with van der Waals surface area (Å²) in [4.78, 5) is 11.2. The first-order valence-corrected chi connectivity index (χ1v) is 7.98. The van der Waals surface area contributed by atoms with Crippen molar-refractivity contribution in [3.05, 3.63) is 35.6 Å². The average molecular weight is 301 g/mol. The summed E-state index contributed by atoms with van der Waals surface area (Å²) >= 11 is 0. The second kappa shape index (κ2) is 5.88. The van der Waals surface area contributed by atoms with Crippen LogP contribution in [0.1, 0.15) is 24.8 Å². The van der Waals surface area contributed by atoms with Crippen LogP contribution < -0.4 is 0 Å². The Balaban J connectivity index is 2.25. The molecule has 110 valence electrons. The first-order chi connectivity index (χ1) is 9.42. The van der Waals surface area contributed by atoms with E-state index in [1.807, 2.05) is 0 Å². The summed E-state index contributed by atoms with van der Waals surface area (Å²) in [5.41, 5.74) is 0.0576. The van der Waals surface area contributed by atoms with E-state index in [0.717, 1.165) is 4.31 Å². The van der Waals surface area contributed by atoms with Crippen LogP contribution >= 0.6 is 0 Å². The molecule has 1 aliphatic rings. The van der Waals surface area contributed by atoms with Crippen molar-refractivity contribution < 1.29 is 22.7 Å². The number of aliphatic carboxylic acids is 1. The number of halogens is 1. The van der Waals surface area contributed by atoms with Gasteiger partial charge in [0.2, 0.25) is 10.0 Å². The number of piperidine rings is 1. The van der Waals surface area contributed by atoms with Gasteiger partial charge in [0.25, 0.3) is 0 Å². The number of carboxylic acids is 1. The lowest BCUT2D eigenvalue weighted by atomic mass is 10.1. The molecule has 1 heterocycles. The second-order valence-corrected chi connectivity index (χ2v) is 6.73. The molecule has 1 aliphatic heterocycles. The molecule has 1 N–H and O–H groups in total. The summed E-state index contributed by atoms with van der Waals surface area (Å²) in [6.07, 6.45) is 1.61. The zero-order valence-corrected chi connectivity index (χ0v) is 11.6. The fourth-order valence-electron chi connectivity index (χ4n) is 2.38. The summed E-state index contributed by atoms with van der Waals surface area (Å²) in [5, 5.41) is 9.11. The molecular formula is C13H16FNO4S. The van der Waals surface area contributed by atoms with Gasteiger partial charge in [0.1, 0.15) is 11.9 Å². The van der Waals surface area contributed by atoms with Crippen LogP contribution in [0.2, 0.25) is 0 Å². The molecule has 1 aromatic rings. The maximum absolute atomic E-state index is 13.5. The van der Waals surface area contributed by atoms with E-state index < -0.39 is 33.6 Å². The molecule has 0 bridgehead atoms. The minimum atomic E-state index is -3.84. The molecule has 0 saturated carbocycles. The van der Waals surface area contributed by atoms with E-state index in [2.05, 4.69) is 0 Å². The second-order valence-electron chi connectivity index (χ2n) is 4.81. The van der Waals surface area contributed by atoms with Crippen molar-refractivity contribution in [2.24, 2.45) is 0 Å². The monoisotopic (exact) mass is 301 g/mol. The standard InChI is InChI=1S/C13H16FNO4S/c14-11-6-2-1-5-10(11)9-20(18,19)15-8-4-3-7-12(15)13(16)17/h1-2,5-6,12H,3-4,7-9H2,(H,16,17). The number of rotatable bonds is 4. The minimum Gasteiger partial charge on any atom is -0.480 e. The molecule has 1 saturated heterocycles. The molecule has 0 spiro atoms. The molecule has 1 aromatic carbocycles. The van der Waals surface area contributed by atoms with Crippen LogP contribution in [-0.2, 0) is 20.6 Å². The molecule has 2 rings (SSSR count). The van der Waals surface area contributed by atoms with Gasteiger partial charge in [0.05, 0.1) is 5.75 Å². The van der Waals surface area contributed by atoms with Crippen LogP contribution in [0.15, 0.2) is 24.3 Å². The molecule has 1 atom stereocenters. The van der Waals surface area contributed by atoms with Crippen molar-refractivity contribution in [1.82, 2.24) is 4.31 Å². The maximum atomic E-state index is 13.5. The van der Waals surface area contributed by atoms with Gasteiger partial charge >= 0.3 is 5.97 Å². The van der Waals surface area contributed by atoms with E-state index in [1.54, 1.807) is 6.07 Å². The number of sulfonamides is 1. The van der Waals surface area contributed by atoms with Crippen LogP contribution in [0, 0.1) is 5.82 Å². The molecule has 1 unspecified atom stereocenters. The van der Waals surface area contributed by atoms with E-state index >= 15 is 0 Å². The molecule has 0 radical (unpaired) electrons. The predicted molar refractivity (Wildman–Crippen MR) is 71.0 cm³/mol. The Morgan fingerprint density at radius 3 is 2.70 bits per heavy atom. The SMILES string of the molecule is O=C(O)C1CCCCN1S(=O)(=O)Cc1ccccc1F. The van der Waals surface area contributed by atoms with Gasteiger partial charge in [-0.25, -0.2) is 12.8 Å². The minimum absolute atomic E-state index is 0.0576. The van der Waals surface area contributed by atoms with Gasteiger partial charge in [-0.3, -0.25) is 4.79 Å². The molecule has 5 nitrogen and oxygen atoms in total. The summed E-state index contributed by atoms with van der Waals surface area (Å²) in [6, 6.07) is 4.58. The predicted octanol–water partition coefficient (Wildman–Crippen LogP) is 1.59. The first-order valence-electron chi connectivity index (χ1n) is 6.37. The molecule has 0 aliphatic carbocycles. The van der Waals surface area contributed by atoms with Crippen LogP contribution in [0.4, 0.5) is 4.39 Å². The lowest BCUT2D eigenvalue weighted by Crippen LogP contribution is -2.48. The molecule has 7 heteroatoms. The normalized spacial score (nSPS) is 20.8. The summed E-state index contributed by atoms with van der Waals surface area (Å²) < 4.78 is 39.2. The fraction of sp³-hybridized carbons (Fsp3) is 0.462. The smallest absolute Gasteiger partial charge is 0.322 e. The number of carboxylic acid groups (broad SMARTS) is 1. The summed E-state index contributed by atoms with van der Waals surface area (Å²) in [7, 11) is -3.84. The first kappa shape index (κ1) is 14.9. The Labute approximate surface area is 117 Å². The Kier molecular flexibility index (Phi) is 4.39. The lowest BCUT2D eigenvalue weighted by Gasteiger charge is -2.31. The van der Waals surface area contributed by atoms with Crippen LogP contribution in [-0.4, -0.2) is 36.4 Å². The number of hydrogen-bond donors (Lipinski definition) is 1. The van der Waals surface area contributed by atoms with E-state index in [0.29, 0.717) is 19.3 Å². The maximum Gasteiger partial charge on any atom is 0.322 e. The molecule has 0 aromatic heterocycles. The number of carbonyl (C=O) groups is 1. The van der Waals surface area contributed by atoms with E-state index in [-0.39, 0.29) is 12.1 Å². The van der Waals surface area contributed by atoms with Crippen molar-refractivity contribution in [3.63, 3.8) is 0 Å². The number of benzene rings is 1. The van der Waals surface area contributed by atoms with Crippen LogP contribution in [0.25, 0.3) is 0 Å². The highest BCUT2D eigenvalue weighted by atomic mass is 32.2. The van der Waals surface area contributed by atoms with Crippen molar-refractivity contribution in [2.75, 3.05) is 6.54 Å². The zero-order chi connectivity index (χ0) is 14.8. The van der Waals surface area contributed by atoms with Crippen LogP contribution in [0.5, 0.6) is 0 Å². The van der Waals surface area contributed by atoms with Crippen molar-refractivity contribution >= 4 is 16.0 Å². The third kappa shape index (κ3) is 3.16. The largest absolute Gasteiger partial charge is 0.480 e. The topological polar surface area (TPSA) is 74.7 Å². The highest BCUT2D eigenvalue weighted by Crippen LogP contribution is 2.23. The van der Waals surface area contributed by atoms with Gasteiger partial charge < -0.3 is 5.11 Å². The highest BCUT2D eigenvalue weighted by molar-refractivity contribution is 7.88. The number of nitrogens with zero attached hydrogens (tertiary/aromatic N) is 1. The molecule has 1 fully saturated rings.